The molecule has 0 aliphatic carbocycles. The molecule has 4 rings (SSSR count). The van der Waals surface area contributed by atoms with Crippen molar-refractivity contribution in [1.82, 2.24) is 20.3 Å². The molecule has 1 N–H and O–H groups in total. The van der Waals surface area contributed by atoms with Gasteiger partial charge < -0.3 is 9.42 Å². The Morgan fingerprint density at radius 3 is 2.73 bits per heavy atom. The Balaban J connectivity index is 1.34. The number of piperidine rings is 1. The van der Waals surface area contributed by atoms with E-state index in [1.807, 2.05) is 17.0 Å². The second-order valence-electron chi connectivity index (χ2n) is 6.63. The molecule has 0 radical (unpaired) electrons. The number of benzene rings is 1. The summed E-state index contributed by atoms with van der Waals surface area (Å²) in [5, 5.41) is 11.3. The van der Waals surface area contributed by atoms with Crippen molar-refractivity contribution in [2.75, 3.05) is 13.1 Å². The Labute approximate surface area is 156 Å². The summed E-state index contributed by atoms with van der Waals surface area (Å²) in [7, 11) is 0. The Kier molecular flexibility index (Phi) is 4.75. The maximum atomic E-state index is 12.7. The molecule has 0 spiro atoms. The van der Waals surface area contributed by atoms with Gasteiger partial charge in [-0.25, -0.2) is 0 Å². The number of rotatable bonds is 4. The molecule has 1 aliphatic rings. The van der Waals surface area contributed by atoms with Crippen molar-refractivity contribution in [3.05, 3.63) is 59.0 Å². The molecular formula is C19H19ClN4O2. The number of likely N-dealkylation sites (tertiary alicyclic amines) is 1. The van der Waals surface area contributed by atoms with Gasteiger partial charge in [0.15, 0.2) is 11.5 Å². The van der Waals surface area contributed by atoms with E-state index in [0.717, 1.165) is 42.9 Å². The molecule has 1 aromatic carbocycles. The third kappa shape index (κ3) is 3.65. The SMILES string of the molecule is O=C(c1cc(-c2cn[nH]c2)on1)N1CCC(Cc2ccc(Cl)cc2)CC1. The molecule has 2 aromatic heterocycles. The van der Waals surface area contributed by atoms with Gasteiger partial charge in [-0.15, -0.1) is 0 Å². The van der Waals surface area contributed by atoms with Crippen molar-refractivity contribution in [2.45, 2.75) is 19.3 Å². The fourth-order valence-electron chi connectivity index (χ4n) is 3.35. The molecule has 6 nitrogen and oxygen atoms in total. The fraction of sp³-hybridized carbons (Fsp3) is 0.316. The molecule has 0 atom stereocenters. The van der Waals surface area contributed by atoms with Gasteiger partial charge in [0.05, 0.1) is 11.8 Å². The highest BCUT2D eigenvalue weighted by Gasteiger charge is 2.26. The highest BCUT2D eigenvalue weighted by atomic mass is 35.5. The predicted molar refractivity (Wildman–Crippen MR) is 97.9 cm³/mol. The van der Waals surface area contributed by atoms with Crippen LogP contribution in [0.15, 0.2) is 47.2 Å². The molecule has 0 unspecified atom stereocenters. The van der Waals surface area contributed by atoms with Gasteiger partial charge in [-0.2, -0.15) is 5.10 Å². The van der Waals surface area contributed by atoms with E-state index in [9.17, 15) is 4.79 Å². The van der Waals surface area contributed by atoms with Crippen LogP contribution in [-0.4, -0.2) is 39.3 Å². The summed E-state index contributed by atoms with van der Waals surface area (Å²) >= 11 is 5.94. The number of aromatic nitrogens is 3. The molecule has 1 aliphatic heterocycles. The lowest BCUT2D eigenvalue weighted by atomic mass is 9.90. The van der Waals surface area contributed by atoms with Crippen molar-refractivity contribution in [3.63, 3.8) is 0 Å². The fourth-order valence-corrected chi connectivity index (χ4v) is 3.48. The Hall–Kier alpha value is -2.60. The van der Waals surface area contributed by atoms with Gasteiger partial charge in [0.25, 0.3) is 5.91 Å². The van der Waals surface area contributed by atoms with Crippen LogP contribution in [-0.2, 0) is 6.42 Å². The van der Waals surface area contributed by atoms with E-state index >= 15 is 0 Å². The van der Waals surface area contributed by atoms with E-state index < -0.39 is 0 Å². The lowest BCUT2D eigenvalue weighted by Gasteiger charge is -2.31. The van der Waals surface area contributed by atoms with Crippen LogP contribution in [0.1, 0.15) is 28.9 Å². The van der Waals surface area contributed by atoms with Crippen molar-refractivity contribution in [2.24, 2.45) is 5.92 Å². The van der Waals surface area contributed by atoms with Gasteiger partial charge in [0.1, 0.15) is 0 Å². The van der Waals surface area contributed by atoms with E-state index in [1.165, 1.54) is 5.56 Å². The first kappa shape index (κ1) is 16.8. The molecule has 7 heteroatoms. The monoisotopic (exact) mass is 370 g/mol. The number of nitrogens with one attached hydrogen (secondary N) is 1. The maximum absolute atomic E-state index is 12.7. The third-order valence-corrected chi connectivity index (χ3v) is 5.10. The van der Waals surface area contributed by atoms with E-state index in [4.69, 9.17) is 16.1 Å². The molecular weight excluding hydrogens is 352 g/mol. The predicted octanol–water partition coefficient (Wildman–Crippen LogP) is 3.81. The molecule has 0 saturated carbocycles. The first-order chi connectivity index (χ1) is 12.7. The van der Waals surface area contributed by atoms with Crippen molar-refractivity contribution >= 4 is 17.5 Å². The smallest absolute Gasteiger partial charge is 0.276 e. The summed E-state index contributed by atoms with van der Waals surface area (Å²) in [4.78, 5) is 14.5. The van der Waals surface area contributed by atoms with Gasteiger partial charge >= 0.3 is 0 Å². The number of nitrogens with zero attached hydrogens (tertiary/aromatic N) is 3. The summed E-state index contributed by atoms with van der Waals surface area (Å²) in [5.74, 6) is 1.05. The van der Waals surface area contributed by atoms with Crippen LogP contribution < -0.4 is 0 Å². The minimum Gasteiger partial charge on any atom is -0.355 e. The van der Waals surface area contributed by atoms with Crippen LogP contribution in [0.4, 0.5) is 0 Å². The van der Waals surface area contributed by atoms with Crippen molar-refractivity contribution in [1.29, 1.82) is 0 Å². The molecule has 1 amide bonds. The zero-order valence-electron chi connectivity index (χ0n) is 14.2. The highest BCUT2D eigenvalue weighted by molar-refractivity contribution is 6.30. The Morgan fingerprint density at radius 2 is 2.04 bits per heavy atom. The average molecular weight is 371 g/mol. The zero-order valence-corrected chi connectivity index (χ0v) is 14.9. The van der Waals surface area contributed by atoms with Gasteiger partial charge in [0.2, 0.25) is 0 Å². The molecule has 1 saturated heterocycles. The van der Waals surface area contributed by atoms with E-state index in [0.29, 0.717) is 17.4 Å². The van der Waals surface area contributed by atoms with Gasteiger partial charge in [-0.1, -0.05) is 28.9 Å². The standard InChI is InChI=1S/C19H19ClN4O2/c20-16-3-1-13(2-4-16)9-14-5-7-24(8-6-14)19(25)17-10-18(26-23-17)15-11-21-22-12-15/h1-4,10-12,14H,5-9H2,(H,21,22). The maximum Gasteiger partial charge on any atom is 0.276 e. The number of amides is 1. The van der Waals surface area contributed by atoms with Crippen LogP contribution in [0.2, 0.25) is 5.02 Å². The van der Waals surface area contributed by atoms with Crippen LogP contribution in [0.25, 0.3) is 11.3 Å². The minimum atomic E-state index is -0.0755. The number of halogens is 1. The number of H-pyrrole nitrogens is 1. The van der Waals surface area contributed by atoms with Gasteiger partial charge in [-0.05, 0) is 42.9 Å². The van der Waals surface area contributed by atoms with Crippen LogP contribution in [0.5, 0.6) is 0 Å². The van der Waals surface area contributed by atoms with E-state index in [2.05, 4.69) is 27.5 Å². The van der Waals surface area contributed by atoms with E-state index in [1.54, 1.807) is 18.5 Å². The molecule has 26 heavy (non-hydrogen) atoms. The summed E-state index contributed by atoms with van der Waals surface area (Å²) in [6.45, 7) is 1.48. The van der Waals surface area contributed by atoms with Gasteiger partial charge in [0, 0.05) is 30.4 Å². The zero-order chi connectivity index (χ0) is 17.9. The van der Waals surface area contributed by atoms with Crippen molar-refractivity contribution < 1.29 is 9.32 Å². The molecule has 0 bridgehead atoms. The van der Waals surface area contributed by atoms with Crippen LogP contribution >= 0.6 is 11.6 Å². The summed E-state index contributed by atoms with van der Waals surface area (Å²) in [5.41, 5.74) is 2.41. The topological polar surface area (TPSA) is 75.0 Å². The summed E-state index contributed by atoms with van der Waals surface area (Å²) in [6.07, 6.45) is 6.34. The number of aromatic amines is 1. The number of carbonyl (C=O) groups is 1. The largest absolute Gasteiger partial charge is 0.355 e. The number of hydrogen-bond donors (Lipinski definition) is 1. The average Bonchev–Trinajstić information content (AvgIpc) is 3.35. The van der Waals surface area contributed by atoms with Crippen molar-refractivity contribution in [3.8, 4) is 11.3 Å². The molecule has 1 fully saturated rings. The second-order valence-corrected chi connectivity index (χ2v) is 7.07. The highest BCUT2D eigenvalue weighted by Crippen LogP contribution is 2.25. The lowest BCUT2D eigenvalue weighted by molar-refractivity contribution is 0.0680. The van der Waals surface area contributed by atoms with E-state index in [-0.39, 0.29) is 5.91 Å². The third-order valence-electron chi connectivity index (χ3n) is 4.85. The number of hydrogen-bond acceptors (Lipinski definition) is 4. The first-order valence-corrected chi connectivity index (χ1v) is 9.06. The lowest BCUT2D eigenvalue weighted by Crippen LogP contribution is -2.39. The Bertz CT molecular complexity index is 865. The molecule has 134 valence electrons. The van der Waals surface area contributed by atoms with Gasteiger partial charge in [-0.3, -0.25) is 9.89 Å². The van der Waals surface area contributed by atoms with Crippen LogP contribution in [0.3, 0.4) is 0 Å². The second kappa shape index (κ2) is 7.33. The summed E-state index contributed by atoms with van der Waals surface area (Å²) in [6, 6.07) is 9.68. The molecule has 3 heterocycles. The summed E-state index contributed by atoms with van der Waals surface area (Å²) < 4.78 is 5.26. The minimum absolute atomic E-state index is 0.0755. The number of carbonyl (C=O) groups excluding carboxylic acids is 1. The first-order valence-electron chi connectivity index (χ1n) is 8.68. The Morgan fingerprint density at radius 1 is 1.27 bits per heavy atom. The normalized spacial score (nSPS) is 15.3. The van der Waals surface area contributed by atoms with Crippen LogP contribution in [0, 0.1) is 5.92 Å². The molecule has 3 aromatic rings. The quantitative estimate of drug-likeness (QED) is 0.757.